The van der Waals surface area contributed by atoms with Gasteiger partial charge in [0.1, 0.15) is 18.1 Å². The highest BCUT2D eigenvalue weighted by molar-refractivity contribution is 7.98. The molecule has 4 atom stereocenters. The van der Waals surface area contributed by atoms with E-state index < -0.39 is 66.1 Å². The number of aromatic nitrogens is 1. The van der Waals surface area contributed by atoms with E-state index in [-0.39, 0.29) is 6.42 Å². The minimum absolute atomic E-state index is 0.114. The van der Waals surface area contributed by atoms with Gasteiger partial charge in [0, 0.05) is 23.5 Å². The van der Waals surface area contributed by atoms with E-state index >= 15 is 0 Å². The Kier molecular flexibility index (Phi) is 11.6. The van der Waals surface area contributed by atoms with E-state index in [4.69, 9.17) is 11.5 Å². The molecule has 0 fully saturated rings. The molecule has 0 aliphatic heterocycles. The molecule has 0 bridgehead atoms. The van der Waals surface area contributed by atoms with Crippen molar-refractivity contribution in [1.29, 1.82) is 0 Å². The number of carbonyl (C=O) groups is 5. The second kappa shape index (κ2) is 14.4. The summed E-state index contributed by atoms with van der Waals surface area (Å²) in [4.78, 5) is 65.0. The first-order valence-electron chi connectivity index (χ1n) is 12.2. The molecule has 208 valence electrons. The second-order valence-electron chi connectivity index (χ2n) is 9.31. The molecule has 1 aromatic carbocycles. The van der Waals surface area contributed by atoms with Crippen LogP contribution in [0.2, 0.25) is 0 Å². The largest absolute Gasteiger partial charge is 0.480 e. The minimum Gasteiger partial charge on any atom is -0.480 e. The number of amides is 4. The van der Waals surface area contributed by atoms with Gasteiger partial charge in [-0.2, -0.15) is 11.8 Å². The maximum Gasteiger partial charge on any atom is 0.326 e. The molecule has 0 aliphatic carbocycles. The summed E-state index contributed by atoms with van der Waals surface area (Å²) in [6.45, 7) is 3.33. The number of rotatable bonds is 15. The summed E-state index contributed by atoms with van der Waals surface area (Å²) >= 11 is 1.54. The van der Waals surface area contributed by atoms with Gasteiger partial charge in [0.25, 0.3) is 0 Å². The number of nitrogens with two attached hydrogens (primary N) is 2. The van der Waals surface area contributed by atoms with Gasteiger partial charge in [0.15, 0.2) is 0 Å². The van der Waals surface area contributed by atoms with Gasteiger partial charge >= 0.3 is 5.97 Å². The molecular weight excluding hydrogens is 512 g/mol. The highest BCUT2D eigenvalue weighted by Crippen LogP contribution is 2.19. The highest BCUT2D eigenvalue weighted by atomic mass is 32.2. The van der Waals surface area contributed by atoms with Crippen molar-refractivity contribution in [2.75, 3.05) is 12.0 Å². The van der Waals surface area contributed by atoms with Crippen LogP contribution in [0, 0.1) is 5.92 Å². The lowest BCUT2D eigenvalue weighted by Gasteiger charge is -2.27. The van der Waals surface area contributed by atoms with Crippen molar-refractivity contribution < 1.29 is 29.1 Å². The standard InChI is InChI=1S/C25H36N6O6S/c1-13(2)21(24(35)30-19(25(36)37)11-20(27)32)31-23(34)18(29-22(33)16(26)8-9-38-3)10-14-12-28-17-7-5-4-6-15(14)17/h4-7,12-13,16,18-19,21,28H,8-11,26H2,1-3H3,(H2,27,32)(H,29,33)(H,30,35)(H,31,34)(H,36,37). The summed E-state index contributed by atoms with van der Waals surface area (Å²) in [6, 6.07) is 2.90. The van der Waals surface area contributed by atoms with Crippen LogP contribution in [0.5, 0.6) is 0 Å². The summed E-state index contributed by atoms with van der Waals surface area (Å²) < 4.78 is 0. The molecule has 1 heterocycles. The molecule has 0 saturated carbocycles. The normalized spacial score (nSPS) is 14.3. The molecule has 2 aromatic rings. The van der Waals surface area contributed by atoms with Crippen LogP contribution in [-0.2, 0) is 30.4 Å². The Morgan fingerprint density at radius 2 is 1.66 bits per heavy atom. The highest BCUT2D eigenvalue weighted by Gasteiger charge is 2.32. The van der Waals surface area contributed by atoms with Crippen molar-refractivity contribution in [1.82, 2.24) is 20.9 Å². The maximum absolute atomic E-state index is 13.4. The molecule has 0 radical (unpaired) electrons. The number of carboxylic acid groups (broad SMARTS) is 1. The van der Waals surface area contributed by atoms with E-state index in [1.807, 2.05) is 30.5 Å². The number of hydrogen-bond donors (Lipinski definition) is 7. The van der Waals surface area contributed by atoms with E-state index in [9.17, 15) is 29.1 Å². The Morgan fingerprint density at radius 1 is 1.00 bits per heavy atom. The van der Waals surface area contributed by atoms with E-state index in [1.165, 1.54) is 0 Å². The summed E-state index contributed by atoms with van der Waals surface area (Å²) in [5, 5.41) is 17.8. The molecule has 0 saturated heterocycles. The lowest BCUT2D eigenvalue weighted by Crippen LogP contribution is -2.59. The van der Waals surface area contributed by atoms with Gasteiger partial charge < -0.3 is 37.5 Å². The van der Waals surface area contributed by atoms with Gasteiger partial charge in [-0.25, -0.2) is 4.79 Å². The predicted octanol–water partition coefficient (Wildman–Crippen LogP) is -0.139. The van der Waals surface area contributed by atoms with Crippen molar-refractivity contribution in [3.63, 3.8) is 0 Å². The molecule has 1 aromatic heterocycles. The second-order valence-corrected chi connectivity index (χ2v) is 10.3. The number of fused-ring (bicyclic) bond motifs is 1. The quantitative estimate of drug-likeness (QED) is 0.159. The van der Waals surface area contributed by atoms with Crippen molar-refractivity contribution in [2.45, 2.75) is 57.3 Å². The number of aliphatic carboxylic acids is 1. The lowest BCUT2D eigenvalue weighted by molar-refractivity contribution is -0.144. The first kappa shape index (κ1) is 30.6. The SMILES string of the molecule is CSCCC(N)C(=O)NC(Cc1c[nH]c2ccccc12)C(=O)NC(C(=O)NC(CC(N)=O)C(=O)O)C(C)C. The third-order valence-electron chi connectivity index (χ3n) is 5.97. The maximum atomic E-state index is 13.4. The zero-order chi connectivity index (χ0) is 28.4. The smallest absolute Gasteiger partial charge is 0.326 e. The Morgan fingerprint density at radius 3 is 2.26 bits per heavy atom. The molecule has 12 nitrogen and oxygen atoms in total. The van der Waals surface area contributed by atoms with E-state index in [1.54, 1.807) is 31.8 Å². The molecule has 9 N–H and O–H groups in total. The van der Waals surface area contributed by atoms with Crippen LogP contribution in [0.15, 0.2) is 30.5 Å². The van der Waals surface area contributed by atoms with Crippen molar-refractivity contribution in [2.24, 2.45) is 17.4 Å². The number of thioether (sulfide) groups is 1. The Bertz CT molecular complexity index is 1150. The van der Waals surface area contributed by atoms with Gasteiger partial charge in [-0.15, -0.1) is 0 Å². The molecule has 4 unspecified atom stereocenters. The molecule has 13 heteroatoms. The predicted molar refractivity (Wildman–Crippen MR) is 145 cm³/mol. The average Bonchev–Trinajstić information content (AvgIpc) is 3.26. The fourth-order valence-electron chi connectivity index (χ4n) is 3.84. The minimum atomic E-state index is -1.55. The Labute approximate surface area is 225 Å². The number of carboxylic acids is 1. The van der Waals surface area contributed by atoms with Gasteiger partial charge in [-0.05, 0) is 36.0 Å². The van der Waals surface area contributed by atoms with E-state index in [0.29, 0.717) is 12.2 Å². The Balaban J connectivity index is 2.27. The number of nitrogens with one attached hydrogen (secondary N) is 4. The average molecular weight is 549 g/mol. The number of para-hydroxylation sites is 1. The van der Waals surface area contributed by atoms with Gasteiger partial charge in [0.2, 0.25) is 23.6 Å². The van der Waals surface area contributed by atoms with Crippen LogP contribution in [0.4, 0.5) is 0 Å². The summed E-state index contributed by atoms with van der Waals surface area (Å²) in [7, 11) is 0. The lowest BCUT2D eigenvalue weighted by atomic mass is 10.00. The zero-order valence-corrected chi connectivity index (χ0v) is 22.5. The van der Waals surface area contributed by atoms with Crippen LogP contribution in [-0.4, -0.2) is 75.9 Å². The van der Waals surface area contributed by atoms with Gasteiger partial charge in [-0.1, -0.05) is 32.0 Å². The van der Waals surface area contributed by atoms with Crippen molar-refractivity contribution in [3.8, 4) is 0 Å². The number of hydrogen-bond acceptors (Lipinski definition) is 7. The summed E-state index contributed by atoms with van der Waals surface area (Å²) in [5.41, 5.74) is 12.7. The molecular formula is C25H36N6O6S. The first-order chi connectivity index (χ1) is 17.9. The fourth-order valence-corrected chi connectivity index (χ4v) is 4.33. The zero-order valence-electron chi connectivity index (χ0n) is 21.7. The first-order valence-corrected chi connectivity index (χ1v) is 13.6. The topological polar surface area (TPSA) is 209 Å². The number of primary amides is 1. The molecule has 38 heavy (non-hydrogen) atoms. The number of benzene rings is 1. The van der Waals surface area contributed by atoms with Crippen LogP contribution < -0.4 is 27.4 Å². The summed E-state index contributed by atoms with van der Waals surface area (Å²) in [5.74, 6) is -4.06. The number of aromatic amines is 1. The monoisotopic (exact) mass is 548 g/mol. The number of H-pyrrole nitrogens is 1. The van der Waals surface area contributed by atoms with Crippen LogP contribution in [0.1, 0.15) is 32.3 Å². The molecule has 0 aliphatic rings. The van der Waals surface area contributed by atoms with Crippen molar-refractivity contribution in [3.05, 3.63) is 36.0 Å². The van der Waals surface area contributed by atoms with Crippen LogP contribution in [0.25, 0.3) is 10.9 Å². The third kappa shape index (κ3) is 8.77. The van der Waals surface area contributed by atoms with Crippen molar-refractivity contribution >= 4 is 52.3 Å². The van der Waals surface area contributed by atoms with Gasteiger partial charge in [0.05, 0.1) is 12.5 Å². The molecule has 4 amide bonds. The van der Waals surface area contributed by atoms with E-state index in [0.717, 1.165) is 16.5 Å². The number of carbonyl (C=O) groups excluding carboxylic acids is 4. The van der Waals surface area contributed by atoms with Crippen LogP contribution in [0.3, 0.4) is 0 Å². The third-order valence-corrected chi connectivity index (χ3v) is 6.61. The summed E-state index contributed by atoms with van der Waals surface area (Å²) in [6.07, 6.45) is 3.57. The fraction of sp³-hybridized carbons (Fsp3) is 0.480. The van der Waals surface area contributed by atoms with Crippen LogP contribution >= 0.6 is 11.8 Å². The van der Waals surface area contributed by atoms with E-state index in [2.05, 4.69) is 20.9 Å². The Hall–Kier alpha value is -3.58. The van der Waals surface area contributed by atoms with Gasteiger partial charge in [-0.3, -0.25) is 19.2 Å². The molecule has 0 spiro atoms. The molecule has 2 rings (SSSR count).